The molecule has 0 spiro atoms. The van der Waals surface area contributed by atoms with Crippen molar-refractivity contribution < 1.29 is 59.2 Å². The molecule has 1 N–H and O–H groups in total. The number of halogens is 1. The van der Waals surface area contributed by atoms with E-state index in [9.17, 15) is 14.7 Å². The molecule has 5 rings (SSSR count). The van der Waals surface area contributed by atoms with Crippen molar-refractivity contribution in [2.45, 2.75) is 75.8 Å². The van der Waals surface area contributed by atoms with E-state index in [4.69, 9.17) is 23.0 Å². The van der Waals surface area contributed by atoms with Gasteiger partial charge in [0.15, 0.2) is 11.5 Å². The molecule has 2 aromatic heterocycles. The van der Waals surface area contributed by atoms with Crippen molar-refractivity contribution in [3.63, 3.8) is 0 Å². The number of nitrogens with zero attached hydrogens (tertiary/aromatic N) is 1. The lowest BCUT2D eigenvalue weighted by Gasteiger charge is -2.47. The lowest BCUT2D eigenvalue weighted by molar-refractivity contribution is -0.961. The molecular formula is C31H38BrNO8. The smallest absolute Gasteiger partial charge is 0.354 e. The number of rotatable bonds is 12. The van der Waals surface area contributed by atoms with Crippen molar-refractivity contribution in [2.24, 2.45) is 0 Å². The normalized spacial score (nSPS) is 23.4. The lowest BCUT2D eigenvalue weighted by atomic mass is 9.94. The number of carbonyl (C=O) groups excluding carboxylic acids is 2. The minimum absolute atomic E-state index is 0. The molecule has 0 radical (unpaired) electrons. The Morgan fingerprint density at radius 2 is 1.68 bits per heavy atom. The van der Waals surface area contributed by atoms with Gasteiger partial charge in [-0.25, -0.2) is 4.79 Å². The molecule has 9 nitrogen and oxygen atoms in total. The molecule has 2 saturated heterocycles. The highest BCUT2D eigenvalue weighted by Gasteiger charge is 2.54. The molecule has 0 amide bonds. The number of benzene rings is 1. The average molecular weight is 633 g/mol. The fourth-order valence-corrected chi connectivity index (χ4v) is 6.34. The highest BCUT2D eigenvalue weighted by atomic mass is 79.9. The summed E-state index contributed by atoms with van der Waals surface area (Å²) in [4.78, 5) is 24.9. The second-order valence-corrected chi connectivity index (χ2v) is 11.0. The summed E-state index contributed by atoms with van der Waals surface area (Å²) in [5.41, 5.74) is -0.957. The molecule has 2 aliphatic heterocycles. The summed E-state index contributed by atoms with van der Waals surface area (Å²) in [5.74, 6) is -0.0666. The number of hydrogen-bond acceptors (Lipinski definition) is 8. The summed E-state index contributed by atoms with van der Waals surface area (Å²) in [5, 5.41) is 11.4. The van der Waals surface area contributed by atoms with Crippen LogP contribution in [0.1, 0.15) is 62.5 Å². The quantitative estimate of drug-likeness (QED) is 0.183. The first-order valence-electron chi connectivity index (χ1n) is 14.1. The van der Waals surface area contributed by atoms with Crippen molar-refractivity contribution in [3.8, 4) is 5.75 Å². The first kappa shape index (κ1) is 30.9. The second-order valence-electron chi connectivity index (χ2n) is 11.0. The Bertz CT molecular complexity index is 1230. The molecule has 0 aliphatic carbocycles. The van der Waals surface area contributed by atoms with E-state index in [1.165, 1.54) is 18.1 Å². The van der Waals surface area contributed by atoms with Gasteiger partial charge in [-0.1, -0.05) is 12.1 Å². The van der Waals surface area contributed by atoms with Crippen molar-refractivity contribution in [1.82, 2.24) is 0 Å². The number of piperidine rings is 1. The molecule has 4 atom stereocenters. The summed E-state index contributed by atoms with van der Waals surface area (Å²) in [6.45, 7) is 3.49. The van der Waals surface area contributed by atoms with Crippen LogP contribution >= 0.6 is 0 Å². The maximum atomic E-state index is 13.4. The number of esters is 2. The zero-order chi connectivity index (χ0) is 28.2. The standard InChI is InChI=1S/C31H38NO8.BrH/c1-3-36-29(33)12-7-15-37-25-9-4-8-22(18-25)21-32(2)23-13-14-24(32)20-26(19-23)40-30(34)31(35,27-10-5-16-38-27)28-11-6-17-39-28;/h4-6,8-11,16-18,23-24,26,35H,3,7,12-15,19-21H2,1-2H3;1H/q+1;/p-1/t23-,24+,26+,32-;. The predicted octanol–water partition coefficient (Wildman–Crippen LogP) is 1.72. The van der Waals surface area contributed by atoms with E-state index < -0.39 is 11.6 Å². The highest BCUT2D eigenvalue weighted by Crippen LogP contribution is 2.44. The first-order valence-corrected chi connectivity index (χ1v) is 14.1. The lowest BCUT2D eigenvalue weighted by Crippen LogP contribution is -3.00. The third-order valence-corrected chi connectivity index (χ3v) is 8.42. The molecule has 0 saturated carbocycles. The summed E-state index contributed by atoms with van der Waals surface area (Å²) < 4.78 is 28.5. The Morgan fingerprint density at radius 1 is 1.02 bits per heavy atom. The Labute approximate surface area is 250 Å². The zero-order valence-electron chi connectivity index (χ0n) is 23.5. The van der Waals surface area contributed by atoms with Crippen molar-refractivity contribution in [2.75, 3.05) is 20.3 Å². The molecule has 4 heterocycles. The zero-order valence-corrected chi connectivity index (χ0v) is 25.1. The van der Waals surface area contributed by atoms with Crippen molar-refractivity contribution in [3.05, 3.63) is 78.1 Å². The number of hydrogen-bond donors (Lipinski definition) is 1. The van der Waals surface area contributed by atoms with Gasteiger partial charge in [0.25, 0.3) is 5.60 Å². The second kappa shape index (κ2) is 13.3. The molecule has 1 aromatic carbocycles. The Hall–Kier alpha value is -3.08. The number of furan rings is 2. The van der Waals surface area contributed by atoms with Crippen LogP contribution in [-0.4, -0.2) is 60.0 Å². The van der Waals surface area contributed by atoms with Gasteiger partial charge in [-0.3, -0.25) is 4.79 Å². The number of fused-ring (bicyclic) bond motifs is 2. The van der Waals surface area contributed by atoms with Gasteiger partial charge in [0, 0.05) is 37.7 Å². The van der Waals surface area contributed by atoms with Crippen LogP contribution in [0.5, 0.6) is 5.75 Å². The molecule has 222 valence electrons. The van der Waals surface area contributed by atoms with Gasteiger partial charge < -0.3 is 49.6 Å². The van der Waals surface area contributed by atoms with Crippen molar-refractivity contribution >= 4 is 11.9 Å². The van der Waals surface area contributed by atoms with E-state index in [0.717, 1.165) is 42.5 Å². The van der Waals surface area contributed by atoms with Crippen LogP contribution in [0.2, 0.25) is 0 Å². The summed E-state index contributed by atoms with van der Waals surface area (Å²) in [6, 6.07) is 15.1. The van der Waals surface area contributed by atoms with Crippen LogP contribution < -0.4 is 21.7 Å². The molecule has 41 heavy (non-hydrogen) atoms. The summed E-state index contributed by atoms with van der Waals surface area (Å²) in [6.07, 6.45) is 7.01. The van der Waals surface area contributed by atoms with Gasteiger partial charge in [-0.05, 0) is 49.7 Å². The average Bonchev–Trinajstić information content (AvgIpc) is 3.69. The monoisotopic (exact) mass is 631 g/mol. The van der Waals surface area contributed by atoms with E-state index in [-0.39, 0.29) is 40.6 Å². The summed E-state index contributed by atoms with van der Waals surface area (Å²) >= 11 is 0. The minimum atomic E-state index is -2.14. The Balaban J connectivity index is 0.00000387. The molecule has 2 bridgehead atoms. The van der Waals surface area contributed by atoms with Gasteiger partial charge in [0.1, 0.15) is 18.4 Å². The van der Waals surface area contributed by atoms with E-state index in [1.54, 1.807) is 31.2 Å². The van der Waals surface area contributed by atoms with E-state index >= 15 is 0 Å². The number of aliphatic hydroxyl groups is 1. The maximum absolute atomic E-state index is 13.4. The van der Waals surface area contributed by atoms with E-state index in [1.807, 2.05) is 12.1 Å². The van der Waals surface area contributed by atoms with Crippen LogP contribution in [0.4, 0.5) is 0 Å². The van der Waals surface area contributed by atoms with Gasteiger partial charge in [-0.2, -0.15) is 0 Å². The highest BCUT2D eigenvalue weighted by molar-refractivity contribution is 5.83. The molecule has 0 unspecified atom stereocenters. The van der Waals surface area contributed by atoms with Gasteiger partial charge >= 0.3 is 11.9 Å². The maximum Gasteiger partial charge on any atom is 0.354 e. The van der Waals surface area contributed by atoms with Crippen LogP contribution in [0, 0.1) is 0 Å². The first-order chi connectivity index (χ1) is 19.3. The fourth-order valence-electron chi connectivity index (χ4n) is 6.34. The van der Waals surface area contributed by atoms with E-state index in [0.29, 0.717) is 38.1 Å². The van der Waals surface area contributed by atoms with Crippen molar-refractivity contribution in [1.29, 1.82) is 0 Å². The molecule has 3 aromatic rings. The van der Waals surface area contributed by atoms with Crippen LogP contribution in [-0.2, 0) is 31.2 Å². The van der Waals surface area contributed by atoms with Gasteiger partial charge in [-0.15, -0.1) is 0 Å². The molecule has 10 heteroatoms. The topological polar surface area (TPSA) is 108 Å². The van der Waals surface area contributed by atoms with Gasteiger partial charge in [0.05, 0.1) is 44.9 Å². The van der Waals surface area contributed by atoms with Gasteiger partial charge in [0.2, 0.25) is 0 Å². The largest absolute Gasteiger partial charge is 1.00 e. The Morgan fingerprint density at radius 3 is 2.27 bits per heavy atom. The number of ether oxygens (including phenoxy) is 3. The summed E-state index contributed by atoms with van der Waals surface area (Å²) in [7, 11) is 2.29. The third kappa shape index (κ3) is 6.55. The molecular weight excluding hydrogens is 594 g/mol. The van der Waals surface area contributed by atoms with Crippen LogP contribution in [0.3, 0.4) is 0 Å². The van der Waals surface area contributed by atoms with Crippen LogP contribution in [0.25, 0.3) is 0 Å². The molecule has 2 aliphatic rings. The number of quaternary nitrogens is 1. The minimum Gasteiger partial charge on any atom is -1.00 e. The molecule has 2 fully saturated rings. The Kier molecular flexibility index (Phi) is 9.99. The predicted molar refractivity (Wildman–Crippen MR) is 144 cm³/mol. The number of carbonyl (C=O) groups is 2. The van der Waals surface area contributed by atoms with E-state index in [2.05, 4.69) is 19.2 Å². The third-order valence-electron chi connectivity index (χ3n) is 8.42. The fraction of sp³-hybridized carbons (Fsp3) is 0.484. The SMILES string of the molecule is CCOC(=O)CCCOc1cccc(C[N@+]2(C)[C@@H]3CC[C@H]2C[C@@H](OC(=O)C(O)(c2ccco2)c2ccco2)C3)c1.[Br-]. The van der Waals surface area contributed by atoms with Crippen LogP contribution in [0.15, 0.2) is 69.9 Å².